The van der Waals surface area contributed by atoms with Gasteiger partial charge in [-0.25, -0.2) is 0 Å². The van der Waals surface area contributed by atoms with Crippen LogP contribution in [0.25, 0.3) is 0 Å². The summed E-state index contributed by atoms with van der Waals surface area (Å²) in [6, 6.07) is 0. The normalized spacial score (nSPS) is 12.2. The first kappa shape index (κ1) is 16.5. The van der Waals surface area contributed by atoms with E-state index in [0.29, 0.717) is 25.5 Å². The molecule has 0 atom stereocenters. The maximum atomic E-state index is 12.0. The van der Waals surface area contributed by atoms with E-state index < -0.39 is 0 Å². The zero-order chi connectivity index (χ0) is 14.0. The molecule has 0 N–H and O–H groups in total. The Hall–Kier alpha value is -1.51. The van der Waals surface area contributed by atoms with Crippen LogP contribution in [0.15, 0.2) is 36.1 Å². The van der Waals surface area contributed by atoms with Gasteiger partial charge in [0, 0.05) is 19.2 Å². The van der Waals surface area contributed by atoms with E-state index >= 15 is 0 Å². The van der Waals surface area contributed by atoms with Crippen LogP contribution >= 0.6 is 0 Å². The lowest BCUT2D eigenvalue weighted by Crippen LogP contribution is -2.29. The largest absolute Gasteiger partial charge is 0.493 e. The van der Waals surface area contributed by atoms with Gasteiger partial charge in [0.05, 0.1) is 6.61 Å². The summed E-state index contributed by atoms with van der Waals surface area (Å²) in [6.07, 6.45) is 6.04. The van der Waals surface area contributed by atoms with Crippen molar-refractivity contribution >= 4 is 5.91 Å². The maximum absolute atomic E-state index is 12.0. The minimum atomic E-state index is -0.0146. The lowest BCUT2D eigenvalue weighted by molar-refractivity contribution is -0.125. The number of carbonyl (C=O) groups excluding carboxylic acids is 1. The standard InChI is InChI=1S/C15H25NO2/c1-6-10-18-14(11-13(5)7-2)12-15(17)16(8-3)9-4/h7,11-12H,2,6,8-10H2,1,3-5H3. The first-order valence-corrected chi connectivity index (χ1v) is 6.53. The SMILES string of the molecule is C=CC(C)=CC(=CC(=O)N(CC)CC)OCCC. The molecule has 0 fully saturated rings. The van der Waals surface area contributed by atoms with E-state index in [1.165, 1.54) is 0 Å². The molecule has 0 radical (unpaired) electrons. The molecule has 0 spiro atoms. The summed E-state index contributed by atoms with van der Waals surface area (Å²) < 4.78 is 5.56. The number of amides is 1. The fourth-order valence-corrected chi connectivity index (χ4v) is 1.38. The van der Waals surface area contributed by atoms with E-state index in [1.807, 2.05) is 33.8 Å². The summed E-state index contributed by atoms with van der Waals surface area (Å²) in [4.78, 5) is 13.7. The zero-order valence-corrected chi connectivity index (χ0v) is 12.0. The number of hydrogen-bond acceptors (Lipinski definition) is 2. The fourth-order valence-electron chi connectivity index (χ4n) is 1.38. The van der Waals surface area contributed by atoms with Crippen molar-refractivity contribution in [3.8, 4) is 0 Å². The van der Waals surface area contributed by atoms with Crippen LogP contribution in [-0.2, 0) is 9.53 Å². The first-order valence-electron chi connectivity index (χ1n) is 6.53. The molecule has 0 bridgehead atoms. The molecule has 0 aliphatic rings. The fraction of sp³-hybridized carbons (Fsp3) is 0.533. The topological polar surface area (TPSA) is 29.5 Å². The van der Waals surface area contributed by atoms with E-state index in [4.69, 9.17) is 4.74 Å². The minimum absolute atomic E-state index is 0.0146. The third-order valence-corrected chi connectivity index (χ3v) is 2.51. The van der Waals surface area contributed by atoms with Gasteiger partial charge >= 0.3 is 0 Å². The summed E-state index contributed by atoms with van der Waals surface area (Å²) in [5.74, 6) is 0.588. The number of carbonyl (C=O) groups is 1. The number of nitrogens with zero attached hydrogens (tertiary/aromatic N) is 1. The van der Waals surface area contributed by atoms with Crippen molar-refractivity contribution in [3.05, 3.63) is 36.1 Å². The second-order valence-corrected chi connectivity index (χ2v) is 4.00. The average molecular weight is 251 g/mol. The van der Waals surface area contributed by atoms with Crippen LogP contribution < -0.4 is 0 Å². The quantitative estimate of drug-likeness (QED) is 0.376. The molecule has 0 saturated carbocycles. The van der Waals surface area contributed by atoms with Crippen LogP contribution in [0.3, 0.4) is 0 Å². The van der Waals surface area contributed by atoms with Crippen LogP contribution in [-0.4, -0.2) is 30.5 Å². The predicted octanol–water partition coefficient (Wildman–Crippen LogP) is 3.30. The van der Waals surface area contributed by atoms with Gasteiger partial charge in [-0.2, -0.15) is 0 Å². The molecule has 0 aliphatic carbocycles. The average Bonchev–Trinajstić information content (AvgIpc) is 2.37. The van der Waals surface area contributed by atoms with Gasteiger partial charge in [-0.1, -0.05) is 19.6 Å². The number of hydrogen-bond donors (Lipinski definition) is 0. The molecule has 0 rings (SSSR count). The molecule has 0 aliphatic heterocycles. The number of ether oxygens (including phenoxy) is 1. The van der Waals surface area contributed by atoms with E-state index in [9.17, 15) is 4.79 Å². The summed E-state index contributed by atoms with van der Waals surface area (Å²) in [5, 5.41) is 0. The van der Waals surface area contributed by atoms with Gasteiger partial charge in [-0.15, -0.1) is 0 Å². The van der Waals surface area contributed by atoms with Crippen molar-refractivity contribution in [3.63, 3.8) is 0 Å². The van der Waals surface area contributed by atoms with Gasteiger partial charge in [-0.05, 0) is 38.8 Å². The molecule has 0 heterocycles. The first-order chi connectivity index (χ1) is 8.58. The molecule has 0 saturated heterocycles. The highest BCUT2D eigenvalue weighted by atomic mass is 16.5. The van der Waals surface area contributed by atoms with Crippen LogP contribution in [0.2, 0.25) is 0 Å². The lowest BCUT2D eigenvalue weighted by atomic mass is 10.2. The summed E-state index contributed by atoms with van der Waals surface area (Å²) >= 11 is 0. The van der Waals surface area contributed by atoms with Crippen molar-refractivity contribution in [2.24, 2.45) is 0 Å². The number of rotatable bonds is 8. The Morgan fingerprint density at radius 2 is 1.83 bits per heavy atom. The Morgan fingerprint density at radius 3 is 2.28 bits per heavy atom. The van der Waals surface area contributed by atoms with Crippen LogP contribution in [0.5, 0.6) is 0 Å². The van der Waals surface area contributed by atoms with Crippen molar-refractivity contribution in [2.45, 2.75) is 34.1 Å². The molecule has 18 heavy (non-hydrogen) atoms. The summed E-state index contributed by atoms with van der Waals surface area (Å²) in [5.41, 5.74) is 0.977. The molecule has 0 aromatic heterocycles. The van der Waals surface area contributed by atoms with E-state index in [0.717, 1.165) is 12.0 Å². The molecule has 102 valence electrons. The van der Waals surface area contributed by atoms with Crippen LogP contribution in [0.4, 0.5) is 0 Å². The van der Waals surface area contributed by atoms with Gasteiger partial charge in [0.1, 0.15) is 5.76 Å². The van der Waals surface area contributed by atoms with E-state index in [1.54, 1.807) is 17.1 Å². The van der Waals surface area contributed by atoms with Crippen molar-refractivity contribution in [1.82, 2.24) is 4.90 Å². The second kappa shape index (κ2) is 9.51. The Labute approximate surface area is 111 Å². The Bertz CT molecular complexity index is 325. The third-order valence-electron chi connectivity index (χ3n) is 2.51. The van der Waals surface area contributed by atoms with E-state index in [-0.39, 0.29) is 5.91 Å². The zero-order valence-electron chi connectivity index (χ0n) is 12.0. The molecular formula is C15H25NO2. The molecule has 3 nitrogen and oxygen atoms in total. The minimum Gasteiger partial charge on any atom is -0.493 e. The molecular weight excluding hydrogens is 226 g/mol. The maximum Gasteiger partial charge on any atom is 0.250 e. The summed E-state index contributed by atoms with van der Waals surface area (Å²) in [7, 11) is 0. The van der Waals surface area contributed by atoms with Gasteiger partial charge in [0.2, 0.25) is 5.91 Å². The highest BCUT2D eigenvalue weighted by molar-refractivity contribution is 5.88. The Morgan fingerprint density at radius 1 is 1.22 bits per heavy atom. The van der Waals surface area contributed by atoms with Crippen molar-refractivity contribution < 1.29 is 9.53 Å². The molecule has 3 heteroatoms. The lowest BCUT2D eigenvalue weighted by Gasteiger charge is -2.17. The highest BCUT2D eigenvalue weighted by Crippen LogP contribution is 2.07. The monoisotopic (exact) mass is 251 g/mol. The van der Waals surface area contributed by atoms with Gasteiger partial charge in [0.15, 0.2) is 0 Å². The molecule has 0 aromatic rings. The highest BCUT2D eigenvalue weighted by Gasteiger charge is 2.08. The second-order valence-electron chi connectivity index (χ2n) is 4.00. The van der Waals surface area contributed by atoms with Crippen LogP contribution in [0.1, 0.15) is 34.1 Å². The van der Waals surface area contributed by atoms with Crippen molar-refractivity contribution in [1.29, 1.82) is 0 Å². The molecule has 0 unspecified atom stereocenters. The number of allylic oxidation sites excluding steroid dienone is 3. The van der Waals surface area contributed by atoms with Gasteiger partial charge < -0.3 is 9.64 Å². The van der Waals surface area contributed by atoms with Gasteiger partial charge in [0.25, 0.3) is 0 Å². The van der Waals surface area contributed by atoms with E-state index in [2.05, 4.69) is 6.58 Å². The van der Waals surface area contributed by atoms with Crippen molar-refractivity contribution in [2.75, 3.05) is 19.7 Å². The van der Waals surface area contributed by atoms with Crippen LogP contribution in [0, 0.1) is 0 Å². The number of likely N-dealkylation sites (N-methyl/N-ethyl adjacent to an activating group) is 1. The van der Waals surface area contributed by atoms with Gasteiger partial charge in [-0.3, -0.25) is 4.79 Å². The Balaban J connectivity index is 4.93. The smallest absolute Gasteiger partial charge is 0.250 e. The predicted molar refractivity (Wildman–Crippen MR) is 76.2 cm³/mol. The summed E-state index contributed by atoms with van der Waals surface area (Å²) in [6.45, 7) is 13.6. The third kappa shape index (κ3) is 6.28. The Kier molecular flexibility index (Phi) is 8.71. The molecule has 1 amide bonds. The molecule has 0 aromatic carbocycles.